The molecule has 1 saturated heterocycles. The topological polar surface area (TPSA) is 28.2 Å². The molecule has 3 nitrogen and oxygen atoms in total. The van der Waals surface area contributed by atoms with Gasteiger partial charge in [0.15, 0.2) is 0 Å². The Bertz CT molecular complexity index is 359. The zero-order valence-electron chi connectivity index (χ0n) is 11.7. The van der Waals surface area contributed by atoms with Gasteiger partial charge in [-0.15, -0.1) is 0 Å². The number of piperidine rings is 1. The van der Waals surface area contributed by atoms with Crippen molar-refractivity contribution < 1.29 is 0 Å². The zero-order valence-corrected chi connectivity index (χ0v) is 11.7. The van der Waals surface area contributed by atoms with Crippen LogP contribution in [0.25, 0.3) is 0 Å². The first-order valence-electron chi connectivity index (χ1n) is 7.20. The first-order valence-corrected chi connectivity index (χ1v) is 7.20. The van der Waals surface area contributed by atoms with E-state index in [1.807, 2.05) is 6.20 Å². The number of hydrogen-bond acceptors (Lipinski definition) is 3. The minimum Gasteiger partial charge on any atom is -0.370 e. The third kappa shape index (κ3) is 3.70. The molecule has 0 amide bonds. The first-order chi connectivity index (χ1) is 8.79. The fourth-order valence-corrected chi connectivity index (χ4v) is 2.67. The standard InChI is InChI=1S/C15H25N3/c1-3-10-18(12-14-6-4-5-8-17-14)15-7-9-16-13(2)11-15/h7,9,11,14,17H,3-6,8,10,12H2,1-2H3. The van der Waals surface area contributed by atoms with E-state index < -0.39 is 0 Å². The second-order valence-corrected chi connectivity index (χ2v) is 5.25. The Balaban J connectivity index is 2.02. The van der Waals surface area contributed by atoms with Crippen LogP contribution < -0.4 is 10.2 Å². The van der Waals surface area contributed by atoms with Crippen molar-refractivity contribution in [1.82, 2.24) is 10.3 Å². The van der Waals surface area contributed by atoms with Gasteiger partial charge in [-0.05, 0) is 44.9 Å². The number of anilines is 1. The molecule has 1 aliphatic rings. The van der Waals surface area contributed by atoms with Crippen molar-refractivity contribution in [2.24, 2.45) is 0 Å². The lowest BCUT2D eigenvalue weighted by atomic mass is 10.0. The summed E-state index contributed by atoms with van der Waals surface area (Å²) in [7, 11) is 0. The van der Waals surface area contributed by atoms with Gasteiger partial charge in [0.2, 0.25) is 0 Å². The van der Waals surface area contributed by atoms with Crippen LogP contribution in [0.3, 0.4) is 0 Å². The summed E-state index contributed by atoms with van der Waals surface area (Å²) < 4.78 is 0. The molecule has 0 spiro atoms. The molecule has 1 fully saturated rings. The second kappa shape index (κ2) is 6.74. The highest BCUT2D eigenvalue weighted by Crippen LogP contribution is 2.17. The molecular formula is C15H25N3. The molecule has 2 rings (SSSR count). The summed E-state index contributed by atoms with van der Waals surface area (Å²) in [6, 6.07) is 4.98. The average molecular weight is 247 g/mol. The smallest absolute Gasteiger partial charge is 0.0400 e. The fourth-order valence-electron chi connectivity index (χ4n) is 2.67. The molecule has 1 aromatic rings. The van der Waals surface area contributed by atoms with Crippen LogP contribution in [0.5, 0.6) is 0 Å². The van der Waals surface area contributed by atoms with Gasteiger partial charge >= 0.3 is 0 Å². The maximum atomic E-state index is 4.29. The van der Waals surface area contributed by atoms with Crippen molar-refractivity contribution in [3.63, 3.8) is 0 Å². The molecule has 1 N–H and O–H groups in total. The first kappa shape index (κ1) is 13.3. The van der Waals surface area contributed by atoms with E-state index in [1.165, 1.54) is 37.9 Å². The fraction of sp³-hybridized carbons (Fsp3) is 0.667. The van der Waals surface area contributed by atoms with E-state index in [4.69, 9.17) is 0 Å². The summed E-state index contributed by atoms with van der Waals surface area (Å²) >= 11 is 0. The summed E-state index contributed by atoms with van der Waals surface area (Å²) in [4.78, 5) is 6.78. The molecule has 1 aromatic heterocycles. The lowest BCUT2D eigenvalue weighted by Gasteiger charge is -2.32. The van der Waals surface area contributed by atoms with E-state index in [0.717, 1.165) is 18.8 Å². The van der Waals surface area contributed by atoms with Crippen LogP contribution in [0.1, 0.15) is 38.3 Å². The van der Waals surface area contributed by atoms with Crippen LogP contribution in [0.2, 0.25) is 0 Å². The van der Waals surface area contributed by atoms with Crippen molar-refractivity contribution in [1.29, 1.82) is 0 Å². The summed E-state index contributed by atoms with van der Waals surface area (Å²) in [6.45, 7) is 7.74. The van der Waals surface area contributed by atoms with Crippen LogP contribution in [-0.4, -0.2) is 30.7 Å². The maximum absolute atomic E-state index is 4.29. The largest absolute Gasteiger partial charge is 0.370 e. The summed E-state index contributed by atoms with van der Waals surface area (Å²) in [5.74, 6) is 0. The van der Waals surface area contributed by atoms with Crippen LogP contribution in [0.15, 0.2) is 18.3 Å². The van der Waals surface area contributed by atoms with E-state index >= 15 is 0 Å². The van der Waals surface area contributed by atoms with Gasteiger partial charge in [-0.3, -0.25) is 4.98 Å². The molecule has 1 aliphatic heterocycles. The number of hydrogen-bond donors (Lipinski definition) is 1. The summed E-state index contributed by atoms with van der Waals surface area (Å²) in [5, 5.41) is 3.64. The minimum absolute atomic E-state index is 0.652. The molecule has 100 valence electrons. The monoisotopic (exact) mass is 247 g/mol. The van der Waals surface area contributed by atoms with E-state index in [1.54, 1.807) is 0 Å². The zero-order chi connectivity index (χ0) is 12.8. The highest BCUT2D eigenvalue weighted by molar-refractivity contribution is 5.46. The van der Waals surface area contributed by atoms with Crippen LogP contribution in [-0.2, 0) is 0 Å². The SMILES string of the molecule is CCCN(CC1CCCCN1)c1ccnc(C)c1. The van der Waals surface area contributed by atoms with Gasteiger partial charge in [0.05, 0.1) is 0 Å². The lowest BCUT2D eigenvalue weighted by molar-refractivity contribution is 0.399. The Morgan fingerprint density at radius 1 is 1.44 bits per heavy atom. The van der Waals surface area contributed by atoms with Crippen LogP contribution in [0, 0.1) is 6.92 Å². The molecule has 0 aromatic carbocycles. The Labute approximate surface area is 111 Å². The Morgan fingerprint density at radius 3 is 3.00 bits per heavy atom. The van der Waals surface area contributed by atoms with Gasteiger partial charge in [0.25, 0.3) is 0 Å². The third-order valence-electron chi connectivity index (χ3n) is 3.59. The summed E-state index contributed by atoms with van der Waals surface area (Å²) in [6.07, 6.45) is 7.12. The van der Waals surface area contributed by atoms with Gasteiger partial charge in [0.1, 0.15) is 0 Å². The van der Waals surface area contributed by atoms with Crippen molar-refractivity contribution in [2.45, 2.75) is 45.6 Å². The second-order valence-electron chi connectivity index (χ2n) is 5.25. The molecule has 2 heterocycles. The third-order valence-corrected chi connectivity index (χ3v) is 3.59. The Hall–Kier alpha value is -1.09. The van der Waals surface area contributed by atoms with Crippen molar-refractivity contribution >= 4 is 5.69 Å². The van der Waals surface area contributed by atoms with E-state index in [9.17, 15) is 0 Å². The summed E-state index contributed by atoms with van der Waals surface area (Å²) in [5.41, 5.74) is 2.42. The lowest BCUT2D eigenvalue weighted by Crippen LogP contribution is -2.44. The normalized spacial score (nSPS) is 19.8. The predicted octanol–water partition coefficient (Wildman–Crippen LogP) is 2.75. The van der Waals surface area contributed by atoms with Crippen LogP contribution >= 0.6 is 0 Å². The van der Waals surface area contributed by atoms with Gasteiger partial charge in [0, 0.05) is 36.7 Å². The van der Waals surface area contributed by atoms with Gasteiger partial charge in [-0.1, -0.05) is 13.3 Å². The number of rotatable bonds is 5. The molecule has 0 aliphatic carbocycles. The molecule has 0 saturated carbocycles. The molecular weight excluding hydrogens is 222 g/mol. The van der Waals surface area contributed by atoms with Gasteiger partial charge < -0.3 is 10.2 Å². The number of aryl methyl sites for hydroxylation is 1. The van der Waals surface area contributed by atoms with E-state index in [-0.39, 0.29) is 0 Å². The molecule has 18 heavy (non-hydrogen) atoms. The average Bonchev–Trinajstić information content (AvgIpc) is 2.39. The van der Waals surface area contributed by atoms with Gasteiger partial charge in [-0.2, -0.15) is 0 Å². The van der Waals surface area contributed by atoms with Crippen molar-refractivity contribution in [3.05, 3.63) is 24.0 Å². The highest BCUT2D eigenvalue weighted by atomic mass is 15.2. The molecule has 0 radical (unpaired) electrons. The minimum atomic E-state index is 0.652. The molecule has 1 atom stereocenters. The van der Waals surface area contributed by atoms with E-state index in [0.29, 0.717) is 6.04 Å². The predicted molar refractivity (Wildman–Crippen MR) is 77.1 cm³/mol. The Morgan fingerprint density at radius 2 is 2.33 bits per heavy atom. The van der Waals surface area contributed by atoms with Gasteiger partial charge in [-0.25, -0.2) is 0 Å². The highest BCUT2D eigenvalue weighted by Gasteiger charge is 2.16. The maximum Gasteiger partial charge on any atom is 0.0400 e. The quantitative estimate of drug-likeness (QED) is 0.867. The molecule has 0 bridgehead atoms. The van der Waals surface area contributed by atoms with Crippen LogP contribution in [0.4, 0.5) is 5.69 Å². The number of nitrogens with zero attached hydrogens (tertiary/aromatic N) is 2. The number of aromatic nitrogens is 1. The molecule has 1 unspecified atom stereocenters. The molecule has 3 heteroatoms. The Kier molecular flexibility index (Phi) is 5.00. The van der Waals surface area contributed by atoms with Crippen molar-refractivity contribution in [2.75, 3.05) is 24.5 Å². The van der Waals surface area contributed by atoms with Crippen molar-refractivity contribution in [3.8, 4) is 0 Å². The number of pyridine rings is 1. The number of nitrogens with one attached hydrogen (secondary N) is 1. The van der Waals surface area contributed by atoms with E-state index in [2.05, 4.69) is 41.2 Å².